The molecule has 0 amide bonds. The molecule has 18 heavy (non-hydrogen) atoms. The number of hydrogen-bond acceptors (Lipinski definition) is 3. The molecule has 0 N–H and O–H groups in total. The van der Waals surface area contributed by atoms with Gasteiger partial charge in [-0.05, 0) is 24.0 Å². The van der Waals surface area contributed by atoms with Gasteiger partial charge < -0.3 is 4.74 Å². The lowest BCUT2D eigenvalue weighted by atomic mass is 9.87. The largest absolute Gasteiger partial charge is 0.491 e. The Kier molecular flexibility index (Phi) is 4.34. The lowest BCUT2D eigenvalue weighted by Gasteiger charge is -2.23. The van der Waals surface area contributed by atoms with E-state index in [1.807, 2.05) is 20.8 Å². The van der Waals surface area contributed by atoms with Gasteiger partial charge in [-0.3, -0.25) is 0 Å². The Hall–Kier alpha value is -0.740. The lowest BCUT2D eigenvalue weighted by molar-refractivity contribution is 0.330. The predicted octanol–water partition coefficient (Wildman–Crippen LogP) is 3.44. The van der Waals surface area contributed by atoms with Gasteiger partial charge in [0, 0.05) is 6.26 Å². The van der Waals surface area contributed by atoms with Crippen molar-refractivity contribution < 1.29 is 13.2 Å². The van der Waals surface area contributed by atoms with E-state index in [1.165, 1.54) is 0 Å². The summed E-state index contributed by atoms with van der Waals surface area (Å²) in [6.45, 7) is 8.22. The Balaban J connectivity index is 3.58. The Morgan fingerprint density at radius 1 is 1.28 bits per heavy atom. The fourth-order valence-corrected chi connectivity index (χ4v) is 3.06. The third kappa shape index (κ3) is 3.18. The van der Waals surface area contributed by atoms with Crippen LogP contribution in [0.15, 0.2) is 17.0 Å². The summed E-state index contributed by atoms with van der Waals surface area (Å²) in [4.78, 5) is 0.141. The maximum atomic E-state index is 11.7. The van der Waals surface area contributed by atoms with Crippen molar-refractivity contribution in [2.75, 3.05) is 12.9 Å². The van der Waals surface area contributed by atoms with E-state index in [0.717, 1.165) is 11.8 Å². The fourth-order valence-electron chi connectivity index (χ4n) is 1.69. The predicted molar refractivity (Wildman–Crippen MR) is 74.4 cm³/mol. The number of hydrogen-bond donors (Lipinski definition) is 0. The van der Waals surface area contributed by atoms with Crippen LogP contribution in [0.3, 0.4) is 0 Å². The SMILES string of the molecule is CCOc1c(S(C)(=O)=O)ccc(C(C)(C)C)c1Cl. The second kappa shape index (κ2) is 5.10. The van der Waals surface area contributed by atoms with Crippen molar-refractivity contribution in [3.05, 3.63) is 22.7 Å². The van der Waals surface area contributed by atoms with Crippen LogP contribution in [-0.4, -0.2) is 21.3 Å². The fraction of sp³-hybridized carbons (Fsp3) is 0.538. The van der Waals surface area contributed by atoms with Crippen molar-refractivity contribution in [3.8, 4) is 5.75 Å². The van der Waals surface area contributed by atoms with Gasteiger partial charge in [0.05, 0.1) is 11.6 Å². The van der Waals surface area contributed by atoms with E-state index in [2.05, 4.69) is 0 Å². The summed E-state index contributed by atoms with van der Waals surface area (Å²) >= 11 is 6.29. The van der Waals surface area contributed by atoms with E-state index in [4.69, 9.17) is 16.3 Å². The highest BCUT2D eigenvalue weighted by Crippen LogP contribution is 2.40. The van der Waals surface area contributed by atoms with Crippen LogP contribution in [0.4, 0.5) is 0 Å². The van der Waals surface area contributed by atoms with Crippen LogP contribution in [0.1, 0.15) is 33.3 Å². The number of halogens is 1. The molecule has 0 bridgehead atoms. The van der Waals surface area contributed by atoms with Crippen molar-refractivity contribution in [1.82, 2.24) is 0 Å². The standard InChI is InChI=1S/C13H19ClO3S/c1-6-17-12-10(18(5,15)16)8-7-9(11(12)14)13(2,3)4/h7-8H,6H2,1-5H3. The summed E-state index contributed by atoms with van der Waals surface area (Å²) in [5.41, 5.74) is 0.707. The highest BCUT2D eigenvalue weighted by Gasteiger charge is 2.25. The summed E-state index contributed by atoms with van der Waals surface area (Å²) in [6, 6.07) is 3.31. The van der Waals surface area contributed by atoms with E-state index in [1.54, 1.807) is 19.1 Å². The molecule has 0 heterocycles. The Morgan fingerprint density at radius 3 is 2.22 bits per heavy atom. The maximum Gasteiger partial charge on any atom is 0.179 e. The van der Waals surface area contributed by atoms with Gasteiger partial charge in [-0.15, -0.1) is 0 Å². The van der Waals surface area contributed by atoms with Crippen molar-refractivity contribution >= 4 is 21.4 Å². The van der Waals surface area contributed by atoms with Crippen LogP contribution >= 0.6 is 11.6 Å². The van der Waals surface area contributed by atoms with E-state index in [0.29, 0.717) is 11.6 Å². The average Bonchev–Trinajstić information content (AvgIpc) is 2.17. The smallest absolute Gasteiger partial charge is 0.179 e. The molecular weight excluding hydrogens is 272 g/mol. The molecule has 1 aromatic carbocycles. The van der Waals surface area contributed by atoms with Gasteiger partial charge in [-0.2, -0.15) is 0 Å². The normalized spacial score (nSPS) is 12.6. The first-order chi connectivity index (χ1) is 8.09. The van der Waals surface area contributed by atoms with Crippen molar-refractivity contribution in [2.45, 2.75) is 38.0 Å². The summed E-state index contributed by atoms with van der Waals surface area (Å²) in [7, 11) is -3.35. The van der Waals surface area contributed by atoms with Gasteiger partial charge in [0.1, 0.15) is 4.90 Å². The first kappa shape index (κ1) is 15.3. The molecule has 0 saturated carbocycles. The molecule has 0 spiro atoms. The molecule has 0 aromatic heterocycles. The van der Waals surface area contributed by atoms with Gasteiger partial charge in [-0.1, -0.05) is 38.4 Å². The highest BCUT2D eigenvalue weighted by molar-refractivity contribution is 7.90. The molecule has 102 valence electrons. The van der Waals surface area contributed by atoms with Crippen LogP contribution < -0.4 is 4.74 Å². The first-order valence-corrected chi connectivity index (χ1v) is 8.01. The van der Waals surface area contributed by atoms with E-state index in [9.17, 15) is 8.42 Å². The number of sulfone groups is 1. The van der Waals surface area contributed by atoms with Gasteiger partial charge in [0.15, 0.2) is 15.6 Å². The summed E-state index contributed by atoms with van der Waals surface area (Å²) in [6.07, 6.45) is 1.15. The Bertz CT molecular complexity index is 542. The second-order valence-corrected chi connectivity index (χ2v) is 7.57. The van der Waals surface area contributed by atoms with Crippen LogP contribution in [0.2, 0.25) is 5.02 Å². The summed E-state index contributed by atoms with van der Waals surface area (Å²) in [5.74, 6) is 0.258. The molecule has 0 unspecified atom stereocenters. The molecule has 0 radical (unpaired) electrons. The van der Waals surface area contributed by atoms with Gasteiger partial charge in [-0.25, -0.2) is 8.42 Å². The van der Waals surface area contributed by atoms with Crippen LogP contribution in [-0.2, 0) is 15.3 Å². The van der Waals surface area contributed by atoms with E-state index in [-0.39, 0.29) is 16.1 Å². The Labute approximate surface area is 114 Å². The molecule has 0 fully saturated rings. The molecule has 5 heteroatoms. The lowest BCUT2D eigenvalue weighted by Crippen LogP contribution is -2.14. The molecule has 1 aromatic rings. The molecule has 1 rings (SSSR count). The number of ether oxygens (including phenoxy) is 1. The third-order valence-corrected chi connectivity index (χ3v) is 4.05. The van der Waals surface area contributed by atoms with Gasteiger partial charge in [0.2, 0.25) is 0 Å². The van der Waals surface area contributed by atoms with E-state index < -0.39 is 9.84 Å². The molecule has 0 atom stereocenters. The molecule has 3 nitrogen and oxygen atoms in total. The number of benzene rings is 1. The van der Waals surface area contributed by atoms with Crippen LogP contribution in [0.5, 0.6) is 5.75 Å². The zero-order valence-electron chi connectivity index (χ0n) is 11.4. The van der Waals surface area contributed by atoms with Gasteiger partial charge in [0.25, 0.3) is 0 Å². The second-order valence-electron chi connectivity index (χ2n) is 5.21. The average molecular weight is 291 g/mol. The topological polar surface area (TPSA) is 43.4 Å². The van der Waals surface area contributed by atoms with Gasteiger partial charge >= 0.3 is 0 Å². The molecule has 0 aliphatic heterocycles. The third-order valence-electron chi connectivity index (χ3n) is 2.56. The van der Waals surface area contributed by atoms with Crippen molar-refractivity contribution in [3.63, 3.8) is 0 Å². The zero-order valence-corrected chi connectivity index (χ0v) is 12.9. The minimum absolute atomic E-state index is 0.141. The van der Waals surface area contributed by atoms with Crippen molar-refractivity contribution in [1.29, 1.82) is 0 Å². The molecule has 0 aliphatic rings. The monoisotopic (exact) mass is 290 g/mol. The maximum absolute atomic E-state index is 11.7. The van der Waals surface area contributed by atoms with Crippen molar-refractivity contribution in [2.24, 2.45) is 0 Å². The Morgan fingerprint density at radius 2 is 1.83 bits per heavy atom. The molecule has 0 saturated heterocycles. The molecule has 0 aliphatic carbocycles. The zero-order chi connectivity index (χ0) is 14.1. The van der Waals surface area contributed by atoms with E-state index >= 15 is 0 Å². The van der Waals surface area contributed by atoms with Crippen LogP contribution in [0, 0.1) is 0 Å². The highest BCUT2D eigenvalue weighted by atomic mass is 35.5. The first-order valence-electron chi connectivity index (χ1n) is 5.75. The number of rotatable bonds is 3. The summed E-state index contributed by atoms with van der Waals surface area (Å²) < 4.78 is 28.8. The molecular formula is C13H19ClO3S. The minimum Gasteiger partial charge on any atom is -0.491 e. The quantitative estimate of drug-likeness (QED) is 0.856. The van der Waals surface area contributed by atoms with Crippen LogP contribution in [0.25, 0.3) is 0 Å². The summed E-state index contributed by atoms with van der Waals surface area (Å²) in [5, 5.41) is 0.382. The minimum atomic E-state index is -3.35.